The van der Waals surface area contributed by atoms with Gasteiger partial charge in [-0.2, -0.15) is 5.10 Å². The predicted molar refractivity (Wildman–Crippen MR) is 135 cm³/mol. The van der Waals surface area contributed by atoms with Crippen LogP contribution in [0.4, 0.5) is 0 Å². The lowest BCUT2D eigenvalue weighted by Gasteiger charge is -2.23. The molecule has 3 heterocycles. The summed E-state index contributed by atoms with van der Waals surface area (Å²) in [6, 6.07) is 2.44. The first-order valence-electron chi connectivity index (χ1n) is 13.1. The molecule has 3 N–H and O–H groups in total. The number of pyridine rings is 1. The van der Waals surface area contributed by atoms with E-state index in [2.05, 4.69) is 37.6 Å². The van der Waals surface area contributed by atoms with Gasteiger partial charge >= 0.3 is 0 Å². The van der Waals surface area contributed by atoms with Gasteiger partial charge in [-0.15, -0.1) is 0 Å². The minimum Gasteiger partial charge on any atom is -0.381 e. The van der Waals surface area contributed by atoms with Crippen LogP contribution in [-0.2, 0) is 22.6 Å². The van der Waals surface area contributed by atoms with E-state index in [4.69, 9.17) is 4.74 Å². The van der Waals surface area contributed by atoms with Crippen molar-refractivity contribution in [2.24, 2.45) is 5.92 Å². The van der Waals surface area contributed by atoms with Crippen molar-refractivity contribution in [1.82, 2.24) is 25.4 Å². The van der Waals surface area contributed by atoms with Crippen molar-refractivity contribution in [2.45, 2.75) is 76.9 Å². The maximum absolute atomic E-state index is 13.3. The van der Waals surface area contributed by atoms with Crippen LogP contribution < -0.4 is 16.2 Å². The quantitative estimate of drug-likeness (QED) is 0.539. The average Bonchev–Trinajstić information content (AvgIpc) is 3.53. The summed E-state index contributed by atoms with van der Waals surface area (Å²) in [4.78, 5) is 28.9. The average molecular weight is 480 g/mol. The number of carbonyl (C=O) groups is 1. The summed E-state index contributed by atoms with van der Waals surface area (Å²) in [5, 5.41) is 11.2. The molecule has 1 saturated carbocycles. The first-order valence-corrected chi connectivity index (χ1v) is 13.1. The molecule has 8 nitrogen and oxygen atoms in total. The van der Waals surface area contributed by atoms with Gasteiger partial charge in [-0.3, -0.25) is 14.3 Å². The number of hydrogen-bond acceptors (Lipinski definition) is 5. The molecule has 0 bridgehead atoms. The number of aryl methyl sites for hydroxylation is 1. The summed E-state index contributed by atoms with van der Waals surface area (Å²) < 4.78 is 7.56. The van der Waals surface area contributed by atoms with Crippen LogP contribution in [0.3, 0.4) is 0 Å². The first-order chi connectivity index (χ1) is 17.1. The highest BCUT2D eigenvalue weighted by Gasteiger charge is 2.30. The Hall–Kier alpha value is -2.71. The lowest BCUT2D eigenvalue weighted by molar-refractivity contribution is -0.122. The van der Waals surface area contributed by atoms with Crippen molar-refractivity contribution in [3.8, 4) is 0 Å². The third-order valence-electron chi connectivity index (χ3n) is 7.77. The van der Waals surface area contributed by atoms with Crippen LogP contribution in [0.1, 0.15) is 85.0 Å². The molecule has 3 aliphatic rings. The smallest absolute Gasteiger partial charge is 0.253 e. The van der Waals surface area contributed by atoms with Crippen LogP contribution >= 0.6 is 0 Å². The Balaban J connectivity index is 1.24. The molecule has 2 aliphatic carbocycles. The molecule has 1 unspecified atom stereocenters. The molecule has 0 aromatic carbocycles. The van der Waals surface area contributed by atoms with Gasteiger partial charge in [-0.05, 0) is 69.2 Å². The number of aromatic amines is 1. The first kappa shape index (κ1) is 24.0. The van der Waals surface area contributed by atoms with Gasteiger partial charge in [0.2, 0.25) is 5.91 Å². The Bertz CT molecular complexity index is 1120. The number of fused-ring (bicyclic) bond motifs is 1. The third-order valence-corrected chi connectivity index (χ3v) is 7.77. The van der Waals surface area contributed by atoms with E-state index >= 15 is 0 Å². The van der Waals surface area contributed by atoms with Gasteiger partial charge in [0, 0.05) is 43.1 Å². The monoisotopic (exact) mass is 479 g/mol. The van der Waals surface area contributed by atoms with Crippen molar-refractivity contribution < 1.29 is 9.53 Å². The Kier molecular flexibility index (Phi) is 7.48. The molecular formula is C27H37N5O3. The summed E-state index contributed by atoms with van der Waals surface area (Å²) in [5.74, 6) is 0.279. The topological polar surface area (TPSA) is 101 Å². The van der Waals surface area contributed by atoms with Gasteiger partial charge in [0.15, 0.2) is 0 Å². The van der Waals surface area contributed by atoms with Crippen LogP contribution in [0.15, 0.2) is 23.1 Å². The highest BCUT2D eigenvalue weighted by atomic mass is 16.5. The van der Waals surface area contributed by atoms with Gasteiger partial charge in [-0.25, -0.2) is 0 Å². The van der Waals surface area contributed by atoms with E-state index in [9.17, 15) is 9.59 Å². The van der Waals surface area contributed by atoms with Gasteiger partial charge in [0.05, 0.1) is 23.9 Å². The fourth-order valence-corrected chi connectivity index (χ4v) is 5.75. The lowest BCUT2D eigenvalue weighted by Crippen LogP contribution is -2.34. The molecule has 2 aromatic heterocycles. The van der Waals surface area contributed by atoms with E-state index < -0.39 is 0 Å². The van der Waals surface area contributed by atoms with E-state index in [1.807, 2.05) is 19.2 Å². The van der Waals surface area contributed by atoms with Crippen molar-refractivity contribution in [1.29, 1.82) is 0 Å². The number of H-pyrrole nitrogens is 1. The molecule has 2 aromatic rings. The summed E-state index contributed by atoms with van der Waals surface area (Å²) in [6.45, 7) is 5.27. The summed E-state index contributed by atoms with van der Waals surface area (Å²) in [7, 11) is 0. The van der Waals surface area contributed by atoms with Gasteiger partial charge in [0.25, 0.3) is 5.56 Å². The zero-order valence-corrected chi connectivity index (χ0v) is 20.6. The molecule has 1 saturated heterocycles. The van der Waals surface area contributed by atoms with Crippen molar-refractivity contribution in [3.05, 3.63) is 56.8 Å². The van der Waals surface area contributed by atoms with Gasteiger partial charge in [-0.1, -0.05) is 18.9 Å². The Labute approximate surface area is 206 Å². The van der Waals surface area contributed by atoms with E-state index in [-0.39, 0.29) is 23.9 Å². The van der Waals surface area contributed by atoms with Crippen molar-refractivity contribution in [2.75, 3.05) is 19.8 Å². The Morgan fingerprint density at radius 1 is 1.20 bits per heavy atom. The van der Waals surface area contributed by atoms with Crippen LogP contribution in [-0.4, -0.2) is 40.4 Å². The maximum Gasteiger partial charge on any atom is 0.253 e. The fraction of sp³-hybridized carbons (Fsp3) is 0.593. The number of carbonyl (C=O) groups excluding carboxylic acids is 1. The van der Waals surface area contributed by atoms with Crippen molar-refractivity contribution >= 4 is 12.0 Å². The fourth-order valence-electron chi connectivity index (χ4n) is 5.75. The van der Waals surface area contributed by atoms with Crippen LogP contribution in [0.25, 0.3) is 6.08 Å². The van der Waals surface area contributed by atoms with E-state index in [1.54, 1.807) is 0 Å². The number of hydrogen-bond donors (Lipinski definition) is 3. The molecular weight excluding hydrogens is 442 g/mol. The van der Waals surface area contributed by atoms with Crippen LogP contribution in [0.2, 0.25) is 0 Å². The van der Waals surface area contributed by atoms with E-state index in [0.29, 0.717) is 30.5 Å². The number of amides is 1. The van der Waals surface area contributed by atoms with E-state index in [1.165, 1.54) is 12.8 Å². The highest BCUT2D eigenvalue weighted by Crippen LogP contribution is 2.36. The molecule has 35 heavy (non-hydrogen) atoms. The van der Waals surface area contributed by atoms with Crippen LogP contribution in [0, 0.1) is 12.8 Å². The number of aromatic nitrogens is 3. The second kappa shape index (κ2) is 10.9. The molecule has 5 rings (SSSR count). The van der Waals surface area contributed by atoms with Crippen molar-refractivity contribution in [3.63, 3.8) is 0 Å². The molecule has 1 atom stereocenters. The normalized spacial score (nSPS) is 20.8. The van der Waals surface area contributed by atoms with Gasteiger partial charge < -0.3 is 20.4 Å². The third kappa shape index (κ3) is 5.43. The SMILES string of the molecule is Cc1cc(CNCC2CCOCC2)c(CNC(=O)C2CC=Cc3c2cnn3C2CCCC2)c(=O)[nH]1. The zero-order chi connectivity index (χ0) is 24.2. The summed E-state index contributed by atoms with van der Waals surface area (Å²) in [6.07, 6.45) is 13.6. The standard InChI is InChI=1S/C27H37N5O3/c1-18-13-20(15-28-14-19-9-11-35-12-10-19)23(27(34)31-18)16-29-26(33)22-7-4-8-25-24(22)17-30-32(25)21-5-2-3-6-21/h4,8,13,17,19,21-22,28H,2-3,5-7,9-12,14-16H2,1H3,(H,29,33)(H,31,34). The Morgan fingerprint density at radius 3 is 2.80 bits per heavy atom. The molecule has 1 aliphatic heterocycles. The molecule has 2 fully saturated rings. The number of rotatable bonds is 8. The lowest BCUT2D eigenvalue weighted by atomic mass is 9.90. The van der Waals surface area contributed by atoms with E-state index in [0.717, 1.165) is 68.0 Å². The number of allylic oxidation sites excluding steroid dienone is 1. The minimum atomic E-state index is -0.273. The zero-order valence-electron chi connectivity index (χ0n) is 20.6. The Morgan fingerprint density at radius 2 is 2.00 bits per heavy atom. The largest absolute Gasteiger partial charge is 0.381 e. The molecule has 0 radical (unpaired) electrons. The summed E-state index contributed by atoms with van der Waals surface area (Å²) in [5.41, 5.74) is 4.32. The van der Waals surface area contributed by atoms with Crippen LogP contribution in [0.5, 0.6) is 0 Å². The predicted octanol–water partition coefficient (Wildman–Crippen LogP) is 3.33. The number of ether oxygens (including phenoxy) is 1. The highest BCUT2D eigenvalue weighted by molar-refractivity contribution is 5.85. The minimum absolute atomic E-state index is 0.0531. The second-order valence-electron chi connectivity index (χ2n) is 10.2. The maximum atomic E-state index is 13.3. The second-order valence-corrected chi connectivity index (χ2v) is 10.2. The number of nitrogens with zero attached hydrogens (tertiary/aromatic N) is 2. The van der Waals surface area contributed by atoms with Gasteiger partial charge in [0.1, 0.15) is 0 Å². The summed E-state index contributed by atoms with van der Waals surface area (Å²) >= 11 is 0. The molecule has 8 heteroatoms. The molecule has 0 spiro atoms. The molecule has 188 valence electrons. The number of nitrogens with one attached hydrogen (secondary N) is 3. The molecule has 1 amide bonds.